The van der Waals surface area contributed by atoms with E-state index in [4.69, 9.17) is 5.73 Å². The fourth-order valence-corrected chi connectivity index (χ4v) is 2.97. The number of nitrogens with two attached hydrogens (primary N) is 1. The lowest BCUT2D eigenvalue weighted by atomic mass is 9.79. The van der Waals surface area contributed by atoms with Gasteiger partial charge in [0, 0.05) is 17.2 Å². The van der Waals surface area contributed by atoms with Gasteiger partial charge < -0.3 is 5.73 Å². The second-order valence-corrected chi connectivity index (χ2v) is 5.68. The summed E-state index contributed by atoms with van der Waals surface area (Å²) in [5.41, 5.74) is 8.01. The summed E-state index contributed by atoms with van der Waals surface area (Å²) in [7, 11) is 0. The SMILES string of the molecule is CCCC1CCC(c2nc(C)c(C)c(N)n2)CC1. The van der Waals surface area contributed by atoms with Crippen molar-refractivity contribution in [1.29, 1.82) is 0 Å². The van der Waals surface area contributed by atoms with Gasteiger partial charge in [0.05, 0.1) is 0 Å². The predicted molar refractivity (Wildman–Crippen MR) is 75.5 cm³/mol. The van der Waals surface area contributed by atoms with Crippen molar-refractivity contribution in [3.05, 3.63) is 17.1 Å². The quantitative estimate of drug-likeness (QED) is 0.885. The molecule has 2 N–H and O–H groups in total. The zero-order valence-corrected chi connectivity index (χ0v) is 11.9. The zero-order chi connectivity index (χ0) is 13.1. The van der Waals surface area contributed by atoms with E-state index in [1.807, 2.05) is 13.8 Å². The van der Waals surface area contributed by atoms with E-state index in [1.54, 1.807) is 0 Å². The molecular formula is C15H25N3. The van der Waals surface area contributed by atoms with Crippen molar-refractivity contribution < 1.29 is 0 Å². The third kappa shape index (κ3) is 2.82. The Bertz CT molecular complexity index is 383. The van der Waals surface area contributed by atoms with Crippen LogP contribution in [0.5, 0.6) is 0 Å². The fourth-order valence-electron chi connectivity index (χ4n) is 2.97. The van der Waals surface area contributed by atoms with Crippen LogP contribution in [0.2, 0.25) is 0 Å². The molecule has 1 heterocycles. The van der Waals surface area contributed by atoms with Crippen molar-refractivity contribution in [1.82, 2.24) is 9.97 Å². The summed E-state index contributed by atoms with van der Waals surface area (Å²) < 4.78 is 0. The molecule has 3 nitrogen and oxygen atoms in total. The summed E-state index contributed by atoms with van der Waals surface area (Å²) in [5.74, 6) is 3.09. The minimum absolute atomic E-state index is 0.528. The molecule has 0 amide bonds. The molecule has 0 spiro atoms. The van der Waals surface area contributed by atoms with E-state index in [0.29, 0.717) is 11.7 Å². The van der Waals surface area contributed by atoms with Gasteiger partial charge in [-0.15, -0.1) is 0 Å². The number of anilines is 1. The summed E-state index contributed by atoms with van der Waals surface area (Å²) in [6.45, 7) is 6.30. The van der Waals surface area contributed by atoms with Gasteiger partial charge in [0.2, 0.25) is 0 Å². The van der Waals surface area contributed by atoms with E-state index in [2.05, 4.69) is 16.9 Å². The van der Waals surface area contributed by atoms with Crippen LogP contribution in [0.25, 0.3) is 0 Å². The van der Waals surface area contributed by atoms with E-state index in [1.165, 1.54) is 38.5 Å². The average Bonchev–Trinajstić information content (AvgIpc) is 2.37. The summed E-state index contributed by atoms with van der Waals surface area (Å²) >= 11 is 0. The van der Waals surface area contributed by atoms with Crippen molar-refractivity contribution in [3.63, 3.8) is 0 Å². The van der Waals surface area contributed by atoms with Crippen LogP contribution in [0.15, 0.2) is 0 Å². The number of hydrogen-bond donors (Lipinski definition) is 1. The Labute approximate surface area is 110 Å². The monoisotopic (exact) mass is 247 g/mol. The predicted octanol–water partition coefficient (Wildman–Crippen LogP) is 3.75. The first-order valence-corrected chi connectivity index (χ1v) is 7.22. The number of aromatic nitrogens is 2. The van der Waals surface area contributed by atoms with Gasteiger partial charge in [0.1, 0.15) is 11.6 Å². The molecular weight excluding hydrogens is 222 g/mol. The molecule has 0 aliphatic heterocycles. The van der Waals surface area contributed by atoms with Crippen LogP contribution in [0.3, 0.4) is 0 Å². The van der Waals surface area contributed by atoms with Crippen LogP contribution in [-0.2, 0) is 0 Å². The highest BCUT2D eigenvalue weighted by Crippen LogP contribution is 2.36. The van der Waals surface area contributed by atoms with Crippen LogP contribution in [0.4, 0.5) is 5.82 Å². The molecule has 100 valence electrons. The molecule has 0 aromatic carbocycles. The van der Waals surface area contributed by atoms with Gasteiger partial charge in [0.25, 0.3) is 0 Å². The Kier molecular flexibility index (Phi) is 4.20. The highest BCUT2D eigenvalue weighted by molar-refractivity contribution is 5.40. The molecule has 0 bridgehead atoms. The Morgan fingerprint density at radius 1 is 1.11 bits per heavy atom. The smallest absolute Gasteiger partial charge is 0.134 e. The second-order valence-electron chi connectivity index (χ2n) is 5.68. The summed E-state index contributed by atoms with van der Waals surface area (Å²) in [6, 6.07) is 0. The third-order valence-electron chi connectivity index (χ3n) is 4.35. The molecule has 1 aliphatic rings. The topological polar surface area (TPSA) is 51.8 Å². The number of rotatable bonds is 3. The molecule has 3 heteroatoms. The molecule has 0 unspecified atom stereocenters. The van der Waals surface area contributed by atoms with Crippen molar-refractivity contribution in [3.8, 4) is 0 Å². The van der Waals surface area contributed by atoms with Gasteiger partial charge in [-0.05, 0) is 45.4 Å². The molecule has 0 saturated heterocycles. The first-order valence-electron chi connectivity index (χ1n) is 7.22. The van der Waals surface area contributed by atoms with E-state index in [-0.39, 0.29) is 0 Å². The Balaban J connectivity index is 2.05. The highest BCUT2D eigenvalue weighted by atomic mass is 15.0. The van der Waals surface area contributed by atoms with Crippen LogP contribution < -0.4 is 5.73 Å². The molecule has 2 rings (SSSR count). The summed E-state index contributed by atoms with van der Waals surface area (Å²) in [5, 5.41) is 0. The molecule has 1 aliphatic carbocycles. The van der Waals surface area contributed by atoms with Crippen molar-refractivity contribution in [2.24, 2.45) is 5.92 Å². The Morgan fingerprint density at radius 2 is 1.78 bits per heavy atom. The molecule has 1 fully saturated rings. The van der Waals surface area contributed by atoms with Gasteiger partial charge in [-0.3, -0.25) is 0 Å². The maximum atomic E-state index is 5.95. The molecule has 1 saturated carbocycles. The molecule has 18 heavy (non-hydrogen) atoms. The average molecular weight is 247 g/mol. The molecule has 0 atom stereocenters. The Morgan fingerprint density at radius 3 is 2.33 bits per heavy atom. The van der Waals surface area contributed by atoms with Crippen molar-refractivity contribution >= 4 is 5.82 Å². The van der Waals surface area contributed by atoms with E-state index >= 15 is 0 Å². The van der Waals surface area contributed by atoms with Gasteiger partial charge in [-0.25, -0.2) is 9.97 Å². The molecule has 0 radical (unpaired) electrons. The lowest BCUT2D eigenvalue weighted by Gasteiger charge is -2.27. The van der Waals surface area contributed by atoms with Crippen LogP contribution in [0, 0.1) is 19.8 Å². The maximum Gasteiger partial charge on any atom is 0.134 e. The normalized spacial score (nSPS) is 24.2. The highest BCUT2D eigenvalue weighted by Gasteiger charge is 2.24. The lowest BCUT2D eigenvalue weighted by Crippen LogP contribution is -2.16. The number of nitrogens with zero attached hydrogens (tertiary/aromatic N) is 2. The van der Waals surface area contributed by atoms with Crippen LogP contribution in [0.1, 0.15) is 68.4 Å². The zero-order valence-electron chi connectivity index (χ0n) is 11.9. The molecule has 1 aromatic heterocycles. The van der Waals surface area contributed by atoms with Gasteiger partial charge >= 0.3 is 0 Å². The number of nitrogen functional groups attached to an aromatic ring is 1. The lowest BCUT2D eigenvalue weighted by molar-refractivity contribution is 0.302. The van der Waals surface area contributed by atoms with Gasteiger partial charge in [-0.1, -0.05) is 19.8 Å². The summed E-state index contributed by atoms with van der Waals surface area (Å²) in [6.07, 6.45) is 7.80. The van der Waals surface area contributed by atoms with Crippen LogP contribution in [-0.4, -0.2) is 9.97 Å². The van der Waals surface area contributed by atoms with Crippen molar-refractivity contribution in [2.45, 2.75) is 65.2 Å². The summed E-state index contributed by atoms with van der Waals surface area (Å²) in [4.78, 5) is 9.13. The first kappa shape index (κ1) is 13.3. The molecule has 1 aromatic rings. The second kappa shape index (κ2) is 5.68. The minimum atomic E-state index is 0.528. The Hall–Kier alpha value is -1.12. The largest absolute Gasteiger partial charge is 0.383 e. The number of hydrogen-bond acceptors (Lipinski definition) is 3. The van der Waals surface area contributed by atoms with Crippen LogP contribution >= 0.6 is 0 Å². The third-order valence-corrected chi connectivity index (χ3v) is 4.35. The minimum Gasteiger partial charge on any atom is -0.383 e. The van der Waals surface area contributed by atoms with Crippen molar-refractivity contribution in [2.75, 3.05) is 5.73 Å². The van der Waals surface area contributed by atoms with Gasteiger partial charge in [-0.2, -0.15) is 0 Å². The maximum absolute atomic E-state index is 5.95. The van der Waals surface area contributed by atoms with Gasteiger partial charge in [0.15, 0.2) is 0 Å². The van der Waals surface area contributed by atoms with E-state index in [9.17, 15) is 0 Å². The number of aryl methyl sites for hydroxylation is 1. The fraction of sp³-hybridized carbons (Fsp3) is 0.733. The first-order chi connectivity index (χ1) is 8.61. The van der Waals surface area contributed by atoms with E-state index < -0.39 is 0 Å². The standard InChI is InChI=1S/C15H25N3/c1-4-5-12-6-8-13(9-7-12)15-17-11(3)10(2)14(16)18-15/h12-13H,4-9H2,1-3H3,(H2,16,17,18). The van der Waals surface area contributed by atoms with E-state index in [0.717, 1.165) is 23.0 Å².